The van der Waals surface area contributed by atoms with Crippen molar-refractivity contribution in [3.63, 3.8) is 0 Å². The highest BCUT2D eigenvalue weighted by Gasteiger charge is 1.79. The van der Waals surface area contributed by atoms with E-state index in [1.807, 2.05) is 13.0 Å². The molecule has 0 saturated heterocycles. The molecule has 0 radical (unpaired) electrons. The van der Waals surface area contributed by atoms with E-state index >= 15 is 0 Å². The Bertz CT molecular complexity index is 95.8. The standard InChI is InChI=1S/C5H11N3/c1-3-4-8-5(6)7-2/h3-4H,1-2H3,(H3,6,7,8)/b4-3+. The molecular weight excluding hydrogens is 102 g/mol. The second-order valence-electron chi connectivity index (χ2n) is 1.27. The van der Waals surface area contributed by atoms with Crippen molar-refractivity contribution in [3.8, 4) is 0 Å². The Hall–Kier alpha value is -0.990. The molecule has 0 aliphatic heterocycles. The van der Waals surface area contributed by atoms with Crippen LogP contribution in [0, 0.1) is 5.41 Å². The van der Waals surface area contributed by atoms with Crippen LogP contribution >= 0.6 is 0 Å². The molecule has 0 aromatic rings. The molecule has 0 bridgehead atoms. The van der Waals surface area contributed by atoms with E-state index in [9.17, 15) is 0 Å². The van der Waals surface area contributed by atoms with Gasteiger partial charge in [-0.25, -0.2) is 0 Å². The van der Waals surface area contributed by atoms with E-state index in [0.717, 1.165) is 0 Å². The first-order chi connectivity index (χ1) is 3.81. The summed E-state index contributed by atoms with van der Waals surface area (Å²) in [6, 6.07) is 0. The first-order valence-corrected chi connectivity index (χ1v) is 2.45. The van der Waals surface area contributed by atoms with E-state index in [1.54, 1.807) is 13.2 Å². The van der Waals surface area contributed by atoms with Gasteiger partial charge in [0, 0.05) is 7.05 Å². The van der Waals surface area contributed by atoms with Crippen LogP contribution < -0.4 is 10.6 Å². The molecule has 0 spiro atoms. The van der Waals surface area contributed by atoms with Crippen molar-refractivity contribution in [2.75, 3.05) is 7.05 Å². The summed E-state index contributed by atoms with van der Waals surface area (Å²) in [5.41, 5.74) is 0. The van der Waals surface area contributed by atoms with Gasteiger partial charge in [0.1, 0.15) is 0 Å². The molecule has 0 unspecified atom stereocenters. The lowest BCUT2D eigenvalue weighted by Gasteiger charge is -1.98. The Morgan fingerprint density at radius 3 is 2.62 bits per heavy atom. The van der Waals surface area contributed by atoms with Gasteiger partial charge < -0.3 is 10.6 Å². The van der Waals surface area contributed by atoms with Crippen LogP contribution in [-0.4, -0.2) is 13.0 Å². The average Bonchev–Trinajstić information content (AvgIpc) is 1.83. The highest BCUT2D eigenvalue weighted by atomic mass is 15.1. The van der Waals surface area contributed by atoms with Crippen LogP contribution in [0.5, 0.6) is 0 Å². The third-order valence-corrected chi connectivity index (χ3v) is 0.644. The van der Waals surface area contributed by atoms with Crippen molar-refractivity contribution in [1.29, 1.82) is 5.41 Å². The van der Waals surface area contributed by atoms with Gasteiger partial charge in [-0.1, -0.05) is 6.08 Å². The fourth-order valence-electron chi connectivity index (χ4n) is 0.239. The van der Waals surface area contributed by atoms with Crippen molar-refractivity contribution >= 4 is 5.96 Å². The van der Waals surface area contributed by atoms with Gasteiger partial charge in [-0.3, -0.25) is 5.41 Å². The summed E-state index contributed by atoms with van der Waals surface area (Å²) in [6.45, 7) is 1.88. The normalized spacial score (nSPS) is 9.25. The molecule has 3 N–H and O–H groups in total. The zero-order valence-electron chi connectivity index (χ0n) is 5.15. The van der Waals surface area contributed by atoms with Gasteiger partial charge in [0.2, 0.25) is 0 Å². The summed E-state index contributed by atoms with van der Waals surface area (Å²) < 4.78 is 0. The highest BCUT2D eigenvalue weighted by Crippen LogP contribution is 1.60. The third kappa shape index (κ3) is 3.21. The fraction of sp³-hybridized carbons (Fsp3) is 0.400. The Kier molecular flexibility index (Phi) is 3.66. The van der Waals surface area contributed by atoms with Gasteiger partial charge in [0.25, 0.3) is 0 Å². The van der Waals surface area contributed by atoms with Gasteiger partial charge in [0.05, 0.1) is 0 Å². The Morgan fingerprint density at radius 1 is 1.62 bits per heavy atom. The maximum Gasteiger partial charge on any atom is 0.192 e. The average molecular weight is 113 g/mol. The predicted octanol–water partition coefficient (Wildman–Crippen LogP) is 0.264. The van der Waals surface area contributed by atoms with Crippen molar-refractivity contribution in [3.05, 3.63) is 12.3 Å². The Morgan fingerprint density at radius 2 is 2.25 bits per heavy atom. The van der Waals surface area contributed by atoms with Gasteiger partial charge >= 0.3 is 0 Å². The smallest absolute Gasteiger partial charge is 0.192 e. The Balaban J connectivity index is 3.25. The minimum absolute atomic E-state index is 0.308. The molecule has 8 heavy (non-hydrogen) atoms. The summed E-state index contributed by atoms with van der Waals surface area (Å²) in [7, 11) is 1.69. The molecule has 0 aromatic heterocycles. The fourth-order valence-corrected chi connectivity index (χ4v) is 0.239. The van der Waals surface area contributed by atoms with E-state index in [-0.39, 0.29) is 0 Å². The lowest BCUT2D eigenvalue weighted by atomic mass is 10.7. The van der Waals surface area contributed by atoms with E-state index in [0.29, 0.717) is 5.96 Å². The minimum atomic E-state index is 0.308. The monoisotopic (exact) mass is 113 g/mol. The van der Waals surface area contributed by atoms with Crippen molar-refractivity contribution in [2.24, 2.45) is 0 Å². The van der Waals surface area contributed by atoms with E-state index < -0.39 is 0 Å². The molecule has 46 valence electrons. The molecule has 3 heteroatoms. The van der Waals surface area contributed by atoms with Crippen molar-refractivity contribution < 1.29 is 0 Å². The number of nitrogens with one attached hydrogen (secondary N) is 3. The quantitative estimate of drug-likeness (QED) is 0.337. The molecule has 0 aromatic carbocycles. The first kappa shape index (κ1) is 7.01. The lowest BCUT2D eigenvalue weighted by Crippen LogP contribution is -2.29. The van der Waals surface area contributed by atoms with Crippen molar-refractivity contribution in [1.82, 2.24) is 10.6 Å². The highest BCUT2D eigenvalue weighted by molar-refractivity contribution is 5.76. The number of rotatable bonds is 1. The molecule has 0 aliphatic carbocycles. The predicted molar refractivity (Wildman–Crippen MR) is 34.7 cm³/mol. The number of hydrogen-bond donors (Lipinski definition) is 3. The number of hydrogen-bond acceptors (Lipinski definition) is 1. The summed E-state index contributed by atoms with van der Waals surface area (Å²) in [5.74, 6) is 0.308. The first-order valence-electron chi connectivity index (χ1n) is 2.45. The zero-order valence-corrected chi connectivity index (χ0v) is 5.15. The van der Waals surface area contributed by atoms with Gasteiger partial charge in [-0.2, -0.15) is 0 Å². The summed E-state index contributed by atoms with van der Waals surface area (Å²) >= 11 is 0. The Labute approximate surface area is 49.3 Å². The van der Waals surface area contributed by atoms with Crippen molar-refractivity contribution in [2.45, 2.75) is 6.92 Å². The van der Waals surface area contributed by atoms with Crippen LogP contribution in [0.2, 0.25) is 0 Å². The summed E-state index contributed by atoms with van der Waals surface area (Å²) in [6.07, 6.45) is 3.52. The van der Waals surface area contributed by atoms with Crippen LogP contribution in [0.25, 0.3) is 0 Å². The van der Waals surface area contributed by atoms with E-state index in [4.69, 9.17) is 5.41 Å². The van der Waals surface area contributed by atoms with Gasteiger partial charge in [0.15, 0.2) is 5.96 Å². The second kappa shape index (κ2) is 4.18. The topological polar surface area (TPSA) is 47.9 Å². The van der Waals surface area contributed by atoms with Crippen LogP contribution in [0.15, 0.2) is 12.3 Å². The molecule has 0 heterocycles. The molecule has 0 atom stereocenters. The maximum absolute atomic E-state index is 6.97. The van der Waals surface area contributed by atoms with Crippen LogP contribution in [0.4, 0.5) is 0 Å². The van der Waals surface area contributed by atoms with Gasteiger partial charge in [-0.05, 0) is 13.1 Å². The molecule has 0 aliphatic rings. The molecule has 0 rings (SSSR count). The molecular formula is C5H11N3. The summed E-state index contributed by atoms with van der Waals surface area (Å²) in [4.78, 5) is 0. The van der Waals surface area contributed by atoms with Crippen LogP contribution in [0.3, 0.4) is 0 Å². The van der Waals surface area contributed by atoms with E-state index in [1.165, 1.54) is 0 Å². The van der Waals surface area contributed by atoms with E-state index in [2.05, 4.69) is 10.6 Å². The van der Waals surface area contributed by atoms with Gasteiger partial charge in [-0.15, -0.1) is 0 Å². The molecule has 0 amide bonds. The molecule has 0 saturated carbocycles. The van der Waals surface area contributed by atoms with Crippen LogP contribution in [-0.2, 0) is 0 Å². The lowest BCUT2D eigenvalue weighted by molar-refractivity contribution is 1.04. The SMILES string of the molecule is C/C=C/NC(=N)NC. The largest absolute Gasteiger partial charge is 0.359 e. The third-order valence-electron chi connectivity index (χ3n) is 0.644. The number of allylic oxidation sites excluding steroid dienone is 1. The summed E-state index contributed by atoms with van der Waals surface area (Å²) in [5, 5.41) is 12.3. The maximum atomic E-state index is 6.97. The molecule has 3 nitrogen and oxygen atoms in total. The van der Waals surface area contributed by atoms with Crippen LogP contribution in [0.1, 0.15) is 6.92 Å². The minimum Gasteiger partial charge on any atom is -0.359 e. The molecule has 0 fully saturated rings. The second-order valence-corrected chi connectivity index (χ2v) is 1.27. The number of guanidine groups is 1. The zero-order chi connectivity index (χ0) is 6.41.